The van der Waals surface area contributed by atoms with Crippen molar-refractivity contribution >= 4 is 17.7 Å². The van der Waals surface area contributed by atoms with E-state index in [-0.39, 0.29) is 5.91 Å². The second-order valence-corrected chi connectivity index (χ2v) is 7.10. The standard InChI is InChI=1S/C17H24N4OS/c1-3-11-20-13(2)18-19-17(20)23-12-16(22)21(15-9-10-15)14-7-5-4-6-8-14/h3,7,15H,1,4-6,8-12H2,2H3. The second kappa shape index (κ2) is 7.34. The minimum atomic E-state index is 0.205. The van der Waals surface area contributed by atoms with Gasteiger partial charge in [-0.05, 0) is 45.4 Å². The third-order valence-electron chi connectivity index (χ3n) is 4.30. The molecule has 23 heavy (non-hydrogen) atoms. The van der Waals surface area contributed by atoms with Crippen LogP contribution in [0.15, 0.2) is 29.6 Å². The number of thioether (sulfide) groups is 1. The molecule has 0 aliphatic heterocycles. The Morgan fingerprint density at radius 1 is 1.48 bits per heavy atom. The number of carbonyl (C=O) groups excluding carboxylic acids is 1. The maximum absolute atomic E-state index is 12.8. The highest BCUT2D eigenvalue weighted by Crippen LogP contribution is 2.34. The molecule has 124 valence electrons. The Morgan fingerprint density at radius 3 is 2.96 bits per heavy atom. The predicted octanol–water partition coefficient (Wildman–Crippen LogP) is 3.31. The van der Waals surface area contributed by atoms with Crippen LogP contribution in [0.3, 0.4) is 0 Å². The number of carbonyl (C=O) groups is 1. The second-order valence-electron chi connectivity index (χ2n) is 6.15. The summed E-state index contributed by atoms with van der Waals surface area (Å²) >= 11 is 1.48. The first-order valence-electron chi connectivity index (χ1n) is 8.35. The molecule has 0 spiro atoms. The number of hydrogen-bond donors (Lipinski definition) is 0. The molecule has 0 aromatic carbocycles. The van der Waals surface area contributed by atoms with Crippen LogP contribution in [0, 0.1) is 6.92 Å². The average molecular weight is 332 g/mol. The molecule has 1 heterocycles. The number of allylic oxidation sites excluding steroid dienone is 3. The monoisotopic (exact) mass is 332 g/mol. The van der Waals surface area contributed by atoms with Gasteiger partial charge in [0.2, 0.25) is 5.91 Å². The van der Waals surface area contributed by atoms with Crippen LogP contribution in [0.2, 0.25) is 0 Å². The van der Waals surface area contributed by atoms with Crippen molar-refractivity contribution in [3.8, 4) is 0 Å². The number of aryl methyl sites for hydroxylation is 1. The van der Waals surface area contributed by atoms with Crippen LogP contribution in [-0.2, 0) is 11.3 Å². The van der Waals surface area contributed by atoms with Crippen molar-refractivity contribution < 1.29 is 4.79 Å². The zero-order valence-electron chi connectivity index (χ0n) is 13.7. The molecule has 0 radical (unpaired) electrons. The van der Waals surface area contributed by atoms with E-state index in [1.165, 1.54) is 30.3 Å². The van der Waals surface area contributed by atoms with Gasteiger partial charge in [-0.3, -0.25) is 4.79 Å². The highest BCUT2D eigenvalue weighted by molar-refractivity contribution is 7.99. The molecule has 6 heteroatoms. The van der Waals surface area contributed by atoms with Crippen molar-refractivity contribution in [2.45, 2.75) is 63.2 Å². The fourth-order valence-corrected chi connectivity index (χ4v) is 3.83. The van der Waals surface area contributed by atoms with Crippen LogP contribution >= 0.6 is 11.8 Å². The van der Waals surface area contributed by atoms with Gasteiger partial charge < -0.3 is 9.47 Å². The number of amides is 1. The first-order valence-corrected chi connectivity index (χ1v) is 9.34. The summed E-state index contributed by atoms with van der Waals surface area (Å²) in [7, 11) is 0. The molecule has 0 bridgehead atoms. The summed E-state index contributed by atoms with van der Waals surface area (Å²) in [6.45, 7) is 6.36. The summed E-state index contributed by atoms with van der Waals surface area (Å²) < 4.78 is 1.99. The van der Waals surface area contributed by atoms with E-state index in [0.29, 0.717) is 18.3 Å². The smallest absolute Gasteiger partial charge is 0.237 e. The fraction of sp³-hybridized carbons (Fsp3) is 0.588. The predicted molar refractivity (Wildman–Crippen MR) is 92.1 cm³/mol. The number of aromatic nitrogens is 3. The van der Waals surface area contributed by atoms with E-state index >= 15 is 0 Å². The lowest BCUT2D eigenvalue weighted by molar-refractivity contribution is -0.127. The van der Waals surface area contributed by atoms with Gasteiger partial charge in [0, 0.05) is 18.3 Å². The van der Waals surface area contributed by atoms with Crippen LogP contribution in [0.25, 0.3) is 0 Å². The summed E-state index contributed by atoms with van der Waals surface area (Å²) in [6.07, 6.45) is 10.9. The van der Waals surface area contributed by atoms with E-state index in [2.05, 4.69) is 27.8 Å². The Labute approximate surface area is 141 Å². The summed E-state index contributed by atoms with van der Waals surface area (Å²) in [6, 6.07) is 0.431. The average Bonchev–Trinajstić information content (AvgIpc) is 3.33. The molecule has 1 aromatic rings. The third-order valence-corrected chi connectivity index (χ3v) is 5.25. The molecule has 3 rings (SSSR count). The Morgan fingerprint density at radius 2 is 2.30 bits per heavy atom. The lowest BCUT2D eigenvalue weighted by Gasteiger charge is -2.27. The Bertz CT molecular complexity index is 618. The molecule has 5 nitrogen and oxygen atoms in total. The maximum atomic E-state index is 12.8. The van der Waals surface area contributed by atoms with E-state index in [9.17, 15) is 4.79 Å². The van der Waals surface area contributed by atoms with Gasteiger partial charge in [0.1, 0.15) is 5.82 Å². The van der Waals surface area contributed by atoms with Gasteiger partial charge in [0.15, 0.2) is 5.16 Å². The van der Waals surface area contributed by atoms with Gasteiger partial charge in [-0.1, -0.05) is 23.9 Å². The van der Waals surface area contributed by atoms with E-state index in [1.54, 1.807) is 0 Å². The van der Waals surface area contributed by atoms with Crippen molar-refractivity contribution in [2.75, 3.05) is 5.75 Å². The van der Waals surface area contributed by atoms with Crippen LogP contribution < -0.4 is 0 Å². The Kier molecular flexibility index (Phi) is 5.20. The minimum absolute atomic E-state index is 0.205. The molecule has 1 fully saturated rings. The van der Waals surface area contributed by atoms with Gasteiger partial charge in [-0.25, -0.2) is 0 Å². The number of rotatable bonds is 7. The summed E-state index contributed by atoms with van der Waals surface area (Å²) in [5.41, 5.74) is 1.24. The van der Waals surface area contributed by atoms with Crippen LogP contribution in [-0.4, -0.2) is 37.4 Å². The number of nitrogens with zero attached hydrogens (tertiary/aromatic N) is 4. The minimum Gasteiger partial charge on any atom is -0.313 e. The highest BCUT2D eigenvalue weighted by atomic mass is 32.2. The van der Waals surface area contributed by atoms with Crippen LogP contribution in [0.4, 0.5) is 0 Å². The molecule has 0 N–H and O–H groups in total. The SMILES string of the molecule is C=CCn1c(C)nnc1SCC(=O)N(C1=CCCCC1)C1CC1. The van der Waals surface area contributed by atoms with Gasteiger partial charge in [-0.15, -0.1) is 16.8 Å². The lowest BCUT2D eigenvalue weighted by Crippen LogP contribution is -2.34. The fourth-order valence-electron chi connectivity index (χ4n) is 2.97. The van der Waals surface area contributed by atoms with Gasteiger partial charge in [0.25, 0.3) is 0 Å². The molecule has 0 unspecified atom stereocenters. The quantitative estimate of drug-likeness (QED) is 0.568. The summed E-state index contributed by atoms with van der Waals surface area (Å²) in [4.78, 5) is 14.8. The topological polar surface area (TPSA) is 51.0 Å². The van der Waals surface area contributed by atoms with Gasteiger partial charge >= 0.3 is 0 Å². The van der Waals surface area contributed by atoms with E-state index in [4.69, 9.17) is 0 Å². The molecule has 0 atom stereocenters. The molecule has 1 saturated carbocycles. The molecular formula is C17H24N4OS. The molecule has 2 aliphatic carbocycles. The largest absolute Gasteiger partial charge is 0.313 e. The third kappa shape index (κ3) is 3.86. The van der Waals surface area contributed by atoms with E-state index in [1.807, 2.05) is 17.6 Å². The summed E-state index contributed by atoms with van der Waals surface area (Å²) in [5, 5.41) is 9.08. The van der Waals surface area contributed by atoms with Crippen molar-refractivity contribution in [2.24, 2.45) is 0 Å². The first kappa shape index (κ1) is 16.3. The van der Waals surface area contributed by atoms with Gasteiger partial charge in [-0.2, -0.15) is 0 Å². The molecule has 1 amide bonds. The normalized spacial score (nSPS) is 17.7. The van der Waals surface area contributed by atoms with Crippen molar-refractivity contribution in [1.29, 1.82) is 0 Å². The molecule has 1 aromatic heterocycles. The molecule has 2 aliphatic rings. The zero-order chi connectivity index (χ0) is 16.2. The Hall–Kier alpha value is -1.56. The Balaban J connectivity index is 1.65. The zero-order valence-corrected chi connectivity index (χ0v) is 14.5. The highest BCUT2D eigenvalue weighted by Gasteiger charge is 2.35. The maximum Gasteiger partial charge on any atom is 0.237 e. The molecule has 0 saturated heterocycles. The van der Waals surface area contributed by atoms with Crippen molar-refractivity contribution in [3.63, 3.8) is 0 Å². The molecular weight excluding hydrogens is 308 g/mol. The van der Waals surface area contributed by atoms with Gasteiger partial charge in [0.05, 0.1) is 5.75 Å². The lowest BCUT2D eigenvalue weighted by atomic mass is 10.0. The van der Waals surface area contributed by atoms with E-state index < -0.39 is 0 Å². The van der Waals surface area contributed by atoms with Crippen molar-refractivity contribution in [1.82, 2.24) is 19.7 Å². The van der Waals surface area contributed by atoms with Crippen LogP contribution in [0.5, 0.6) is 0 Å². The van der Waals surface area contributed by atoms with E-state index in [0.717, 1.165) is 36.7 Å². The van der Waals surface area contributed by atoms with Crippen LogP contribution in [0.1, 0.15) is 44.3 Å². The number of hydrogen-bond acceptors (Lipinski definition) is 4. The van der Waals surface area contributed by atoms with Crippen molar-refractivity contribution in [3.05, 3.63) is 30.3 Å². The first-order chi connectivity index (χ1) is 11.2. The summed E-state index contributed by atoms with van der Waals surface area (Å²) in [5.74, 6) is 1.48.